The summed E-state index contributed by atoms with van der Waals surface area (Å²) in [5.41, 5.74) is -0.0701. The van der Waals surface area contributed by atoms with Gasteiger partial charge in [0, 0.05) is 26.0 Å². The van der Waals surface area contributed by atoms with E-state index in [9.17, 15) is 14.9 Å². The van der Waals surface area contributed by atoms with E-state index in [0.717, 1.165) is 4.47 Å². The zero-order valence-electron chi connectivity index (χ0n) is 18.9. The van der Waals surface area contributed by atoms with Crippen molar-refractivity contribution in [3.63, 3.8) is 0 Å². The summed E-state index contributed by atoms with van der Waals surface area (Å²) in [4.78, 5) is 29.2. The molecule has 10 heteroatoms. The van der Waals surface area contributed by atoms with Crippen LogP contribution in [0.2, 0.25) is 0 Å². The second kappa shape index (κ2) is 9.72. The van der Waals surface area contributed by atoms with Crippen molar-refractivity contribution in [2.75, 3.05) is 0 Å². The van der Waals surface area contributed by atoms with Crippen LogP contribution in [0.4, 0.5) is 5.69 Å². The fraction of sp³-hybridized carbons (Fsp3) is 0.348. The van der Waals surface area contributed by atoms with Crippen molar-refractivity contribution in [2.45, 2.75) is 52.6 Å². The first kappa shape index (κ1) is 25.0. The maximum atomic E-state index is 13.4. The molecule has 0 amide bonds. The Bertz CT molecular complexity index is 1310. The third-order valence-electron chi connectivity index (χ3n) is 4.94. The van der Waals surface area contributed by atoms with Crippen LogP contribution in [0.5, 0.6) is 5.75 Å². The number of nitro groups is 1. The lowest BCUT2D eigenvalue weighted by atomic mass is 9.95. The molecule has 8 nitrogen and oxygen atoms in total. The van der Waals surface area contributed by atoms with E-state index in [2.05, 4.69) is 41.9 Å². The van der Waals surface area contributed by atoms with Crippen LogP contribution in [-0.2, 0) is 5.41 Å². The minimum atomic E-state index is -0.498. The van der Waals surface area contributed by atoms with Crippen molar-refractivity contribution in [3.05, 3.63) is 71.1 Å². The molecule has 0 fully saturated rings. The molecule has 0 aliphatic carbocycles. The lowest BCUT2D eigenvalue weighted by Crippen LogP contribution is -2.29. The molecule has 0 unspecified atom stereocenters. The van der Waals surface area contributed by atoms with Gasteiger partial charge in [0.25, 0.3) is 5.56 Å². The fourth-order valence-electron chi connectivity index (χ4n) is 3.11. The largest absolute Gasteiger partial charge is 0.483 e. The molecular formula is C23H24Br2N4O4. The first-order valence-corrected chi connectivity index (χ1v) is 11.9. The number of benzene rings is 2. The molecule has 0 N–H and O–H groups in total. The maximum Gasteiger partial charge on any atom is 0.312 e. The summed E-state index contributed by atoms with van der Waals surface area (Å²) >= 11 is 6.71. The molecule has 1 aromatic heterocycles. The van der Waals surface area contributed by atoms with Crippen LogP contribution in [0.25, 0.3) is 10.9 Å². The number of rotatable bonds is 6. The standard InChI is InChI=1S/C23H24Br2N4O4/c1-6-13(2)33-20-14(9-16(25)11-19(20)29(31)32)12-26-28-21(30)17-10-15(24)7-8-18(17)27-22(28)23(3,4)5/h7-13H,6H2,1-5H3/t13-/m1/s1. The van der Waals surface area contributed by atoms with E-state index in [1.807, 2.05) is 40.7 Å². The SMILES string of the molecule is CC[C@@H](C)Oc1c(C=Nn2c(C(C)(C)C)nc3ccc(Br)cc3c2=O)cc(Br)cc1[N+](=O)[O-]. The Labute approximate surface area is 208 Å². The minimum absolute atomic E-state index is 0.100. The van der Waals surface area contributed by atoms with Gasteiger partial charge in [-0.15, -0.1) is 0 Å². The van der Waals surface area contributed by atoms with Crippen LogP contribution in [0.1, 0.15) is 52.4 Å². The Kier molecular flexibility index (Phi) is 7.38. The Balaban J connectivity index is 2.27. The molecule has 2 aromatic carbocycles. The van der Waals surface area contributed by atoms with Gasteiger partial charge >= 0.3 is 5.69 Å². The molecule has 0 saturated heterocycles. The van der Waals surface area contributed by atoms with Crippen molar-refractivity contribution < 1.29 is 9.66 Å². The zero-order chi connectivity index (χ0) is 24.5. The highest BCUT2D eigenvalue weighted by atomic mass is 79.9. The first-order chi connectivity index (χ1) is 15.4. The Hall–Kier alpha value is -2.59. The summed E-state index contributed by atoms with van der Waals surface area (Å²) in [6, 6.07) is 8.36. The lowest BCUT2D eigenvalue weighted by Gasteiger charge is -2.21. The quantitative estimate of drug-likeness (QED) is 0.197. The number of halogens is 2. The van der Waals surface area contributed by atoms with Crippen molar-refractivity contribution in [3.8, 4) is 5.75 Å². The number of fused-ring (bicyclic) bond motifs is 1. The summed E-state index contributed by atoms with van der Waals surface area (Å²) in [5.74, 6) is 0.565. The molecule has 0 aliphatic heterocycles. The topological polar surface area (TPSA) is 99.6 Å². The zero-order valence-corrected chi connectivity index (χ0v) is 22.1. The summed E-state index contributed by atoms with van der Waals surface area (Å²) < 4.78 is 8.37. The van der Waals surface area contributed by atoms with Crippen molar-refractivity contribution in [1.82, 2.24) is 9.66 Å². The van der Waals surface area contributed by atoms with Crippen molar-refractivity contribution >= 4 is 54.7 Å². The van der Waals surface area contributed by atoms with E-state index in [1.165, 1.54) is 17.0 Å². The molecule has 0 radical (unpaired) electrons. The summed E-state index contributed by atoms with van der Waals surface area (Å²) in [7, 11) is 0. The molecule has 3 aromatic rings. The summed E-state index contributed by atoms with van der Waals surface area (Å²) in [5, 5.41) is 16.5. The number of hydrogen-bond acceptors (Lipinski definition) is 6. The highest BCUT2D eigenvalue weighted by Crippen LogP contribution is 2.35. The Morgan fingerprint density at radius 1 is 1.24 bits per heavy atom. The molecule has 1 heterocycles. The van der Waals surface area contributed by atoms with Gasteiger partial charge in [-0.05, 0) is 37.6 Å². The van der Waals surface area contributed by atoms with Gasteiger partial charge in [0.05, 0.1) is 28.1 Å². The third kappa shape index (κ3) is 5.50. The van der Waals surface area contributed by atoms with Crippen LogP contribution < -0.4 is 10.3 Å². The molecule has 33 heavy (non-hydrogen) atoms. The van der Waals surface area contributed by atoms with Gasteiger partial charge < -0.3 is 4.74 Å². The highest BCUT2D eigenvalue weighted by molar-refractivity contribution is 9.10. The van der Waals surface area contributed by atoms with E-state index in [-0.39, 0.29) is 23.1 Å². The number of aromatic nitrogens is 2. The maximum absolute atomic E-state index is 13.4. The number of hydrogen-bond donors (Lipinski definition) is 0. The van der Waals surface area contributed by atoms with Crippen LogP contribution in [0, 0.1) is 10.1 Å². The summed E-state index contributed by atoms with van der Waals surface area (Å²) in [6.45, 7) is 9.57. The number of nitro benzene ring substituents is 1. The average molecular weight is 580 g/mol. The van der Waals surface area contributed by atoms with Gasteiger partial charge in [0.15, 0.2) is 0 Å². The van der Waals surface area contributed by atoms with E-state index in [1.54, 1.807) is 18.2 Å². The lowest BCUT2D eigenvalue weighted by molar-refractivity contribution is -0.386. The molecule has 0 spiro atoms. The van der Waals surface area contributed by atoms with Gasteiger partial charge in [0.1, 0.15) is 5.82 Å². The highest BCUT2D eigenvalue weighted by Gasteiger charge is 2.24. The number of ether oxygens (including phenoxy) is 1. The van der Waals surface area contributed by atoms with Crippen LogP contribution >= 0.6 is 31.9 Å². The van der Waals surface area contributed by atoms with Gasteiger partial charge in [-0.2, -0.15) is 9.78 Å². The van der Waals surface area contributed by atoms with Gasteiger partial charge in [0.2, 0.25) is 5.75 Å². The monoisotopic (exact) mass is 578 g/mol. The van der Waals surface area contributed by atoms with E-state index < -0.39 is 10.3 Å². The van der Waals surface area contributed by atoms with E-state index in [0.29, 0.717) is 33.2 Å². The van der Waals surface area contributed by atoms with Gasteiger partial charge in [-0.1, -0.05) is 59.6 Å². The van der Waals surface area contributed by atoms with Crippen LogP contribution in [0.3, 0.4) is 0 Å². The Morgan fingerprint density at radius 3 is 2.55 bits per heavy atom. The molecule has 0 bridgehead atoms. The van der Waals surface area contributed by atoms with Crippen molar-refractivity contribution in [2.24, 2.45) is 5.10 Å². The minimum Gasteiger partial charge on any atom is -0.483 e. The predicted octanol–water partition coefficient (Wildman–Crippen LogP) is 6.19. The average Bonchev–Trinajstić information content (AvgIpc) is 2.73. The normalized spacial score (nSPS) is 12.9. The molecule has 174 valence electrons. The molecule has 0 saturated carbocycles. The third-order valence-corrected chi connectivity index (χ3v) is 5.90. The smallest absolute Gasteiger partial charge is 0.312 e. The molecular weight excluding hydrogens is 556 g/mol. The summed E-state index contributed by atoms with van der Waals surface area (Å²) in [6.07, 6.45) is 1.82. The Morgan fingerprint density at radius 2 is 1.94 bits per heavy atom. The van der Waals surface area contributed by atoms with E-state index >= 15 is 0 Å². The van der Waals surface area contributed by atoms with Gasteiger partial charge in [-0.3, -0.25) is 14.9 Å². The van der Waals surface area contributed by atoms with Crippen molar-refractivity contribution in [1.29, 1.82) is 0 Å². The predicted molar refractivity (Wildman–Crippen MR) is 137 cm³/mol. The van der Waals surface area contributed by atoms with E-state index in [4.69, 9.17) is 4.74 Å². The molecule has 1 atom stereocenters. The van der Waals surface area contributed by atoms with Crippen LogP contribution in [-0.4, -0.2) is 26.9 Å². The van der Waals surface area contributed by atoms with Crippen LogP contribution in [0.15, 0.2) is 49.2 Å². The first-order valence-electron chi connectivity index (χ1n) is 10.3. The second-order valence-electron chi connectivity index (χ2n) is 8.65. The fourth-order valence-corrected chi connectivity index (χ4v) is 3.93. The molecule has 3 rings (SSSR count). The van der Waals surface area contributed by atoms with Gasteiger partial charge in [-0.25, -0.2) is 4.98 Å². The second-order valence-corrected chi connectivity index (χ2v) is 10.5. The number of nitrogens with zero attached hydrogens (tertiary/aromatic N) is 4. The molecule has 0 aliphatic rings.